The summed E-state index contributed by atoms with van der Waals surface area (Å²) in [5.41, 5.74) is 0.0345. The molecule has 0 aromatic heterocycles. The second-order valence-electron chi connectivity index (χ2n) is 4.32. The van der Waals surface area contributed by atoms with Gasteiger partial charge in [-0.05, 0) is 18.6 Å². The summed E-state index contributed by atoms with van der Waals surface area (Å²) < 4.78 is 18.5. The molecule has 0 radical (unpaired) electrons. The lowest BCUT2D eigenvalue weighted by Gasteiger charge is -2.12. The van der Waals surface area contributed by atoms with Gasteiger partial charge in [0.2, 0.25) is 5.91 Å². The molecule has 1 aromatic carbocycles. The average Bonchev–Trinajstić information content (AvgIpc) is 2.88. The number of hydrogen-bond donors (Lipinski definition) is 2. The standard InChI is InChI=1S/C13H14FN3O2/c1-19-8-5-12(16-7-8)13(18)17-11-4-2-3-10(14)9(11)6-15/h2-4,8,12,16H,5,7H2,1H3,(H,17,18). The number of halogens is 1. The number of methoxy groups -OCH3 is 1. The minimum atomic E-state index is -0.644. The summed E-state index contributed by atoms with van der Waals surface area (Å²) in [6, 6.07) is 5.49. The first-order chi connectivity index (χ1) is 9.15. The van der Waals surface area contributed by atoms with E-state index in [2.05, 4.69) is 10.6 Å². The Balaban J connectivity index is 2.08. The van der Waals surface area contributed by atoms with Gasteiger partial charge in [-0.3, -0.25) is 4.79 Å². The first-order valence-electron chi connectivity index (χ1n) is 5.91. The summed E-state index contributed by atoms with van der Waals surface area (Å²) in [6.45, 7) is 0.600. The first kappa shape index (κ1) is 13.5. The predicted molar refractivity (Wildman–Crippen MR) is 66.9 cm³/mol. The summed E-state index contributed by atoms with van der Waals surface area (Å²) in [5.74, 6) is -0.934. The normalized spacial score (nSPS) is 21.9. The van der Waals surface area contributed by atoms with Crippen LogP contribution in [0.3, 0.4) is 0 Å². The van der Waals surface area contributed by atoms with E-state index in [1.54, 1.807) is 13.2 Å². The Kier molecular flexibility index (Phi) is 4.10. The van der Waals surface area contributed by atoms with Crippen molar-refractivity contribution in [3.05, 3.63) is 29.6 Å². The quantitative estimate of drug-likeness (QED) is 0.853. The minimum Gasteiger partial charge on any atom is -0.380 e. The third kappa shape index (κ3) is 2.89. The smallest absolute Gasteiger partial charge is 0.241 e. The molecule has 1 aliphatic heterocycles. The fourth-order valence-electron chi connectivity index (χ4n) is 2.04. The maximum absolute atomic E-state index is 13.4. The SMILES string of the molecule is COC1CNC(C(=O)Nc2cccc(F)c2C#N)C1. The highest BCUT2D eigenvalue weighted by Gasteiger charge is 2.29. The van der Waals surface area contributed by atoms with Crippen molar-refractivity contribution in [2.24, 2.45) is 0 Å². The van der Waals surface area contributed by atoms with Crippen LogP contribution >= 0.6 is 0 Å². The lowest BCUT2D eigenvalue weighted by molar-refractivity contribution is -0.118. The van der Waals surface area contributed by atoms with E-state index in [1.807, 2.05) is 0 Å². The topological polar surface area (TPSA) is 74.2 Å². The fourth-order valence-corrected chi connectivity index (χ4v) is 2.04. The van der Waals surface area contributed by atoms with Gasteiger partial charge in [-0.25, -0.2) is 4.39 Å². The van der Waals surface area contributed by atoms with Crippen molar-refractivity contribution in [2.75, 3.05) is 19.0 Å². The Morgan fingerprint density at radius 3 is 3.05 bits per heavy atom. The van der Waals surface area contributed by atoms with Crippen LogP contribution in [0.4, 0.5) is 10.1 Å². The molecule has 100 valence electrons. The van der Waals surface area contributed by atoms with Gasteiger partial charge >= 0.3 is 0 Å². The molecule has 1 aliphatic rings. The lowest BCUT2D eigenvalue weighted by atomic mass is 10.1. The number of benzene rings is 1. The van der Waals surface area contributed by atoms with Crippen molar-refractivity contribution in [2.45, 2.75) is 18.6 Å². The van der Waals surface area contributed by atoms with Crippen LogP contribution in [-0.4, -0.2) is 31.7 Å². The Morgan fingerprint density at radius 1 is 1.63 bits per heavy atom. The minimum absolute atomic E-state index is 0.00121. The van der Waals surface area contributed by atoms with Crippen LogP contribution in [0.25, 0.3) is 0 Å². The molecule has 0 spiro atoms. The Bertz CT molecular complexity index is 527. The molecule has 19 heavy (non-hydrogen) atoms. The zero-order valence-electron chi connectivity index (χ0n) is 10.4. The highest BCUT2D eigenvalue weighted by atomic mass is 19.1. The molecule has 1 saturated heterocycles. The number of nitrogens with zero attached hydrogens (tertiary/aromatic N) is 1. The van der Waals surface area contributed by atoms with Gasteiger partial charge in [-0.1, -0.05) is 6.07 Å². The number of nitriles is 1. The summed E-state index contributed by atoms with van der Waals surface area (Å²) in [5, 5.41) is 14.5. The van der Waals surface area contributed by atoms with Crippen LogP contribution in [0.1, 0.15) is 12.0 Å². The average molecular weight is 263 g/mol. The van der Waals surface area contributed by atoms with E-state index in [0.29, 0.717) is 13.0 Å². The highest BCUT2D eigenvalue weighted by Crippen LogP contribution is 2.19. The van der Waals surface area contributed by atoms with Crippen molar-refractivity contribution in [3.8, 4) is 6.07 Å². The molecule has 2 N–H and O–H groups in total. The third-order valence-corrected chi connectivity index (χ3v) is 3.12. The highest BCUT2D eigenvalue weighted by molar-refractivity contribution is 5.96. The molecule has 2 unspecified atom stereocenters. The van der Waals surface area contributed by atoms with E-state index in [1.165, 1.54) is 18.2 Å². The van der Waals surface area contributed by atoms with Gasteiger partial charge in [0.25, 0.3) is 0 Å². The number of rotatable bonds is 3. The molecule has 5 nitrogen and oxygen atoms in total. The Labute approximate surface area is 110 Å². The van der Waals surface area contributed by atoms with Crippen molar-refractivity contribution >= 4 is 11.6 Å². The molecule has 0 saturated carbocycles. The molecule has 0 bridgehead atoms. The predicted octanol–water partition coefficient (Wildman–Crippen LogP) is 1.01. The zero-order valence-corrected chi connectivity index (χ0v) is 10.4. The zero-order chi connectivity index (χ0) is 13.8. The van der Waals surface area contributed by atoms with E-state index in [4.69, 9.17) is 10.00 Å². The van der Waals surface area contributed by atoms with Gasteiger partial charge < -0.3 is 15.4 Å². The van der Waals surface area contributed by atoms with Crippen LogP contribution in [0.5, 0.6) is 0 Å². The van der Waals surface area contributed by atoms with Gasteiger partial charge in [0.15, 0.2) is 0 Å². The maximum Gasteiger partial charge on any atom is 0.241 e. The Morgan fingerprint density at radius 2 is 2.42 bits per heavy atom. The van der Waals surface area contributed by atoms with Gasteiger partial charge in [-0.2, -0.15) is 5.26 Å². The van der Waals surface area contributed by atoms with Crippen LogP contribution in [0.15, 0.2) is 18.2 Å². The van der Waals surface area contributed by atoms with Crippen molar-refractivity contribution in [3.63, 3.8) is 0 Å². The van der Waals surface area contributed by atoms with E-state index in [0.717, 1.165) is 0 Å². The molecular formula is C13H14FN3O2. The van der Waals surface area contributed by atoms with Crippen molar-refractivity contribution in [1.29, 1.82) is 5.26 Å². The first-order valence-corrected chi connectivity index (χ1v) is 5.91. The number of nitrogens with one attached hydrogen (secondary N) is 2. The van der Waals surface area contributed by atoms with Crippen molar-refractivity contribution in [1.82, 2.24) is 5.32 Å². The maximum atomic E-state index is 13.4. The van der Waals surface area contributed by atoms with Crippen LogP contribution in [-0.2, 0) is 9.53 Å². The van der Waals surface area contributed by atoms with E-state index in [9.17, 15) is 9.18 Å². The van der Waals surface area contributed by atoms with Gasteiger partial charge in [0.1, 0.15) is 17.4 Å². The van der Waals surface area contributed by atoms with E-state index in [-0.39, 0.29) is 29.3 Å². The fraction of sp³-hybridized carbons (Fsp3) is 0.385. The third-order valence-electron chi connectivity index (χ3n) is 3.12. The largest absolute Gasteiger partial charge is 0.380 e. The van der Waals surface area contributed by atoms with Gasteiger partial charge in [0.05, 0.1) is 17.8 Å². The Hall–Kier alpha value is -1.97. The molecule has 2 rings (SSSR count). The molecule has 0 aliphatic carbocycles. The molecule has 1 amide bonds. The monoisotopic (exact) mass is 263 g/mol. The summed E-state index contributed by atoms with van der Waals surface area (Å²) in [6.07, 6.45) is 0.554. The summed E-state index contributed by atoms with van der Waals surface area (Å²) in [4.78, 5) is 12.0. The van der Waals surface area contributed by atoms with Crippen LogP contribution < -0.4 is 10.6 Å². The van der Waals surface area contributed by atoms with Crippen LogP contribution in [0.2, 0.25) is 0 Å². The van der Waals surface area contributed by atoms with E-state index >= 15 is 0 Å². The number of anilines is 1. The number of ether oxygens (including phenoxy) is 1. The lowest BCUT2D eigenvalue weighted by Crippen LogP contribution is -2.35. The van der Waals surface area contributed by atoms with Gasteiger partial charge in [0, 0.05) is 13.7 Å². The number of hydrogen-bond acceptors (Lipinski definition) is 4. The second kappa shape index (κ2) is 5.78. The molecule has 2 atom stereocenters. The number of carbonyl (C=O) groups excluding carboxylic acids is 1. The van der Waals surface area contributed by atoms with Gasteiger partial charge in [-0.15, -0.1) is 0 Å². The second-order valence-corrected chi connectivity index (χ2v) is 4.32. The number of amides is 1. The number of carbonyl (C=O) groups is 1. The summed E-state index contributed by atoms with van der Waals surface area (Å²) >= 11 is 0. The summed E-state index contributed by atoms with van der Waals surface area (Å²) in [7, 11) is 1.59. The molecular weight excluding hydrogens is 249 g/mol. The molecule has 6 heteroatoms. The van der Waals surface area contributed by atoms with Crippen LogP contribution in [0, 0.1) is 17.1 Å². The van der Waals surface area contributed by atoms with E-state index < -0.39 is 5.82 Å². The molecule has 1 aromatic rings. The molecule has 1 fully saturated rings. The molecule has 1 heterocycles. The van der Waals surface area contributed by atoms with Crippen molar-refractivity contribution < 1.29 is 13.9 Å².